The molecule has 0 aliphatic rings. The highest BCUT2D eigenvalue weighted by atomic mass is 79.9. The van der Waals surface area contributed by atoms with E-state index in [2.05, 4.69) is 20.9 Å². The Morgan fingerprint density at radius 1 is 1.38 bits per heavy atom. The largest absolute Gasteiger partial charge is 0.288 e. The molecular formula is C9H3BrF2N2O2. The molecule has 1 aromatic carbocycles. The minimum atomic E-state index is -1.08. The van der Waals surface area contributed by atoms with Crippen LogP contribution in [0.2, 0.25) is 0 Å². The van der Waals surface area contributed by atoms with Gasteiger partial charge < -0.3 is 0 Å². The molecule has 1 aromatic heterocycles. The van der Waals surface area contributed by atoms with Crippen LogP contribution in [0.5, 0.6) is 0 Å². The average molecular weight is 289 g/mol. The second kappa shape index (κ2) is 3.75. The molecule has 4 nitrogen and oxygen atoms in total. The fourth-order valence-corrected chi connectivity index (χ4v) is 1.79. The summed E-state index contributed by atoms with van der Waals surface area (Å²) in [6.45, 7) is 0. The molecule has 16 heavy (non-hydrogen) atoms. The van der Waals surface area contributed by atoms with Crippen LogP contribution in [0.3, 0.4) is 0 Å². The van der Waals surface area contributed by atoms with Crippen LogP contribution in [0.4, 0.5) is 14.5 Å². The molecular weight excluding hydrogens is 286 g/mol. The summed E-state index contributed by atoms with van der Waals surface area (Å²) >= 11 is 2.85. The Labute approximate surface area is 96.2 Å². The molecule has 1 heterocycles. The molecule has 0 N–H and O–H groups in total. The zero-order valence-corrected chi connectivity index (χ0v) is 9.16. The van der Waals surface area contributed by atoms with Gasteiger partial charge in [-0.3, -0.25) is 10.1 Å². The van der Waals surface area contributed by atoms with Gasteiger partial charge in [-0.25, -0.2) is 13.8 Å². The van der Waals surface area contributed by atoms with E-state index >= 15 is 0 Å². The van der Waals surface area contributed by atoms with Gasteiger partial charge in [0.25, 0.3) is 5.69 Å². The van der Waals surface area contributed by atoms with Crippen LogP contribution in [0.15, 0.2) is 22.8 Å². The van der Waals surface area contributed by atoms with Gasteiger partial charge in [-0.15, -0.1) is 0 Å². The molecule has 0 saturated heterocycles. The third-order valence-electron chi connectivity index (χ3n) is 2.01. The van der Waals surface area contributed by atoms with Crippen LogP contribution in [0.1, 0.15) is 0 Å². The standard InChI is InChI=1S/C9H3BrF2N2O2/c10-7-8(12)6(11)2-4-1-5(14(15)16)3-13-9(4)7/h1-3H. The van der Waals surface area contributed by atoms with Crippen molar-refractivity contribution in [3.8, 4) is 0 Å². The molecule has 0 unspecified atom stereocenters. The van der Waals surface area contributed by atoms with E-state index in [0.29, 0.717) is 0 Å². The summed E-state index contributed by atoms with van der Waals surface area (Å²) in [7, 11) is 0. The Morgan fingerprint density at radius 3 is 2.69 bits per heavy atom. The fraction of sp³-hybridized carbons (Fsp3) is 0. The Morgan fingerprint density at radius 2 is 2.06 bits per heavy atom. The number of hydrogen-bond donors (Lipinski definition) is 0. The molecule has 0 spiro atoms. The molecule has 0 aliphatic carbocycles. The third kappa shape index (κ3) is 1.63. The van der Waals surface area contributed by atoms with Crippen LogP contribution in [-0.4, -0.2) is 9.91 Å². The Hall–Kier alpha value is -1.63. The Bertz CT molecular complexity index is 604. The second-order valence-corrected chi connectivity index (χ2v) is 3.80. The summed E-state index contributed by atoms with van der Waals surface area (Å²) in [6.07, 6.45) is 0.991. The lowest BCUT2D eigenvalue weighted by atomic mass is 10.2. The topological polar surface area (TPSA) is 56.0 Å². The summed E-state index contributed by atoms with van der Waals surface area (Å²) in [6, 6.07) is 2.00. The van der Waals surface area contributed by atoms with Crippen LogP contribution in [0, 0.1) is 21.7 Å². The van der Waals surface area contributed by atoms with E-state index in [1.54, 1.807) is 0 Å². The van der Waals surface area contributed by atoms with Crippen molar-refractivity contribution >= 4 is 32.5 Å². The van der Waals surface area contributed by atoms with E-state index in [4.69, 9.17) is 0 Å². The van der Waals surface area contributed by atoms with E-state index in [0.717, 1.165) is 18.3 Å². The quantitative estimate of drug-likeness (QED) is 0.460. The van der Waals surface area contributed by atoms with E-state index in [-0.39, 0.29) is 21.1 Å². The summed E-state index contributed by atoms with van der Waals surface area (Å²) < 4.78 is 26.0. The van der Waals surface area contributed by atoms with Gasteiger partial charge in [0.15, 0.2) is 11.6 Å². The lowest BCUT2D eigenvalue weighted by Crippen LogP contribution is -1.93. The predicted molar refractivity (Wildman–Crippen MR) is 56.0 cm³/mol. The first kappa shape index (κ1) is 10.9. The summed E-state index contributed by atoms with van der Waals surface area (Å²) in [4.78, 5) is 13.5. The maximum Gasteiger partial charge on any atom is 0.288 e. The minimum Gasteiger partial charge on any atom is -0.258 e. The predicted octanol–water partition coefficient (Wildman–Crippen LogP) is 3.18. The van der Waals surface area contributed by atoms with Gasteiger partial charge in [-0.1, -0.05) is 0 Å². The normalized spacial score (nSPS) is 10.7. The molecule has 0 aliphatic heterocycles. The van der Waals surface area contributed by atoms with Gasteiger partial charge in [0.05, 0.1) is 14.9 Å². The molecule has 7 heteroatoms. The monoisotopic (exact) mass is 288 g/mol. The summed E-state index contributed by atoms with van der Waals surface area (Å²) in [5.74, 6) is -2.14. The molecule has 0 atom stereocenters. The van der Waals surface area contributed by atoms with E-state index < -0.39 is 16.6 Å². The molecule has 2 aromatic rings. The molecule has 82 valence electrons. The number of nitrogens with zero attached hydrogens (tertiary/aromatic N) is 2. The number of halogens is 3. The molecule has 0 amide bonds. The van der Waals surface area contributed by atoms with Gasteiger partial charge in [-0.05, 0) is 22.0 Å². The summed E-state index contributed by atoms with van der Waals surface area (Å²) in [5.41, 5.74) is -0.130. The number of pyridine rings is 1. The fourth-order valence-electron chi connectivity index (χ4n) is 1.27. The number of benzene rings is 1. The van der Waals surface area contributed by atoms with Crippen molar-refractivity contribution in [1.29, 1.82) is 0 Å². The van der Waals surface area contributed by atoms with Crippen molar-refractivity contribution in [3.63, 3.8) is 0 Å². The van der Waals surface area contributed by atoms with Crippen molar-refractivity contribution in [2.75, 3.05) is 0 Å². The first-order valence-corrected chi connectivity index (χ1v) is 4.87. The SMILES string of the molecule is O=[N+]([O-])c1cnc2c(Br)c(F)c(F)cc2c1. The van der Waals surface area contributed by atoms with Gasteiger partial charge in [0, 0.05) is 11.5 Å². The maximum absolute atomic E-state index is 13.1. The molecule has 2 rings (SSSR count). The van der Waals surface area contributed by atoms with Crippen molar-refractivity contribution in [2.45, 2.75) is 0 Å². The Balaban J connectivity index is 2.81. The van der Waals surface area contributed by atoms with Gasteiger partial charge >= 0.3 is 0 Å². The highest BCUT2D eigenvalue weighted by molar-refractivity contribution is 9.10. The lowest BCUT2D eigenvalue weighted by molar-refractivity contribution is -0.385. The first-order chi connectivity index (χ1) is 7.50. The highest BCUT2D eigenvalue weighted by Gasteiger charge is 2.15. The van der Waals surface area contributed by atoms with E-state index in [9.17, 15) is 18.9 Å². The molecule has 0 bridgehead atoms. The number of rotatable bonds is 1. The van der Waals surface area contributed by atoms with Gasteiger partial charge in [0.2, 0.25) is 0 Å². The minimum absolute atomic E-state index is 0.141. The van der Waals surface area contributed by atoms with Crippen molar-refractivity contribution in [2.24, 2.45) is 0 Å². The Kier molecular flexibility index (Phi) is 2.55. The highest BCUT2D eigenvalue weighted by Crippen LogP contribution is 2.29. The molecule has 0 fully saturated rings. The molecule has 0 saturated carbocycles. The van der Waals surface area contributed by atoms with Crippen LogP contribution < -0.4 is 0 Å². The summed E-state index contributed by atoms with van der Waals surface area (Å²) in [5, 5.41) is 10.6. The van der Waals surface area contributed by atoms with Crippen LogP contribution in [0.25, 0.3) is 10.9 Å². The second-order valence-electron chi connectivity index (χ2n) is 3.01. The number of hydrogen-bond acceptors (Lipinski definition) is 3. The van der Waals surface area contributed by atoms with Crippen LogP contribution >= 0.6 is 15.9 Å². The first-order valence-electron chi connectivity index (χ1n) is 4.08. The smallest absolute Gasteiger partial charge is 0.258 e. The van der Waals surface area contributed by atoms with Crippen molar-refractivity contribution < 1.29 is 13.7 Å². The van der Waals surface area contributed by atoms with Crippen molar-refractivity contribution in [1.82, 2.24) is 4.98 Å². The maximum atomic E-state index is 13.1. The van der Waals surface area contributed by atoms with Gasteiger partial charge in [-0.2, -0.15) is 0 Å². The lowest BCUT2D eigenvalue weighted by Gasteiger charge is -2.02. The zero-order valence-electron chi connectivity index (χ0n) is 7.58. The number of aromatic nitrogens is 1. The van der Waals surface area contributed by atoms with E-state index in [1.807, 2.05) is 0 Å². The van der Waals surface area contributed by atoms with Crippen LogP contribution in [-0.2, 0) is 0 Å². The number of nitro groups is 1. The number of fused-ring (bicyclic) bond motifs is 1. The van der Waals surface area contributed by atoms with E-state index in [1.165, 1.54) is 0 Å². The van der Waals surface area contributed by atoms with Crippen molar-refractivity contribution in [3.05, 3.63) is 44.6 Å². The van der Waals surface area contributed by atoms with Gasteiger partial charge in [0.1, 0.15) is 6.20 Å². The third-order valence-corrected chi connectivity index (χ3v) is 2.73. The molecule has 0 radical (unpaired) electrons. The zero-order chi connectivity index (χ0) is 11.9. The average Bonchev–Trinajstić information content (AvgIpc) is 2.25.